The van der Waals surface area contributed by atoms with Crippen molar-refractivity contribution in [2.24, 2.45) is 0 Å². The molecule has 0 aromatic heterocycles. The van der Waals surface area contributed by atoms with Gasteiger partial charge in [0.05, 0.1) is 17.0 Å². The van der Waals surface area contributed by atoms with Gasteiger partial charge < -0.3 is 4.90 Å². The zero-order valence-electron chi connectivity index (χ0n) is 12.1. The summed E-state index contributed by atoms with van der Waals surface area (Å²) < 4.78 is 76.8. The van der Waals surface area contributed by atoms with Crippen molar-refractivity contribution < 1.29 is 31.1 Å². The van der Waals surface area contributed by atoms with Gasteiger partial charge in [-0.25, -0.2) is 0 Å². The van der Waals surface area contributed by atoms with Gasteiger partial charge >= 0.3 is 12.4 Å². The fraction of sp³-hybridized carbons (Fsp3) is 0.500. The van der Waals surface area contributed by atoms with E-state index in [9.17, 15) is 31.1 Å². The zero-order chi connectivity index (χ0) is 17.3. The standard InChI is InChI=1S/C14H15F6NO/c1-4-11(12(22)21(2)3)8-5-9(13(15,16)17)7-10(6-8)14(18,19)20/h5-7,11H,4H2,1-3H3. The minimum atomic E-state index is -4.92. The van der Waals surface area contributed by atoms with Crippen LogP contribution in [0.1, 0.15) is 36.0 Å². The number of rotatable bonds is 3. The number of nitrogens with zero attached hydrogens (tertiary/aromatic N) is 1. The van der Waals surface area contributed by atoms with E-state index < -0.39 is 35.3 Å². The van der Waals surface area contributed by atoms with Crippen molar-refractivity contribution in [3.8, 4) is 0 Å². The van der Waals surface area contributed by atoms with Crippen molar-refractivity contribution >= 4 is 5.91 Å². The summed E-state index contributed by atoms with van der Waals surface area (Å²) in [6, 6.07) is 1.26. The highest BCUT2D eigenvalue weighted by atomic mass is 19.4. The average Bonchev–Trinajstić information content (AvgIpc) is 2.37. The summed E-state index contributed by atoms with van der Waals surface area (Å²) in [5.41, 5.74) is -3.12. The second-order valence-corrected chi connectivity index (χ2v) is 5.03. The van der Waals surface area contributed by atoms with Crippen LogP contribution in [0.5, 0.6) is 0 Å². The van der Waals surface area contributed by atoms with Gasteiger partial charge in [0.2, 0.25) is 5.91 Å². The van der Waals surface area contributed by atoms with Crippen LogP contribution >= 0.6 is 0 Å². The first-order valence-corrected chi connectivity index (χ1v) is 6.38. The van der Waals surface area contributed by atoms with E-state index in [0.29, 0.717) is 12.1 Å². The highest BCUT2D eigenvalue weighted by Crippen LogP contribution is 2.38. The van der Waals surface area contributed by atoms with Gasteiger partial charge in [-0.3, -0.25) is 4.79 Å². The molecule has 1 aromatic rings. The van der Waals surface area contributed by atoms with Crippen molar-refractivity contribution in [2.75, 3.05) is 14.1 Å². The number of hydrogen-bond donors (Lipinski definition) is 0. The Morgan fingerprint density at radius 3 is 1.68 bits per heavy atom. The van der Waals surface area contributed by atoms with E-state index in [4.69, 9.17) is 0 Å². The van der Waals surface area contributed by atoms with Crippen molar-refractivity contribution in [1.29, 1.82) is 0 Å². The molecule has 0 fully saturated rings. The number of amides is 1. The molecule has 1 rings (SSSR count). The van der Waals surface area contributed by atoms with Crippen LogP contribution < -0.4 is 0 Å². The molecule has 22 heavy (non-hydrogen) atoms. The topological polar surface area (TPSA) is 20.3 Å². The highest BCUT2D eigenvalue weighted by Gasteiger charge is 2.38. The van der Waals surface area contributed by atoms with Crippen LogP contribution in [0, 0.1) is 0 Å². The van der Waals surface area contributed by atoms with Crippen LogP contribution in [0.2, 0.25) is 0 Å². The molecule has 0 radical (unpaired) electrons. The summed E-state index contributed by atoms with van der Waals surface area (Å²) in [4.78, 5) is 13.1. The Bertz CT molecular complexity index is 515. The molecule has 8 heteroatoms. The number of alkyl halides is 6. The molecular weight excluding hydrogens is 312 g/mol. The molecule has 124 valence electrons. The lowest BCUT2D eigenvalue weighted by Gasteiger charge is -2.22. The SMILES string of the molecule is CCC(C(=O)N(C)C)c1cc(C(F)(F)F)cc(C(F)(F)F)c1. The number of likely N-dealkylation sites (N-methyl/N-ethyl adjacent to an activating group) is 1. The molecule has 0 bridgehead atoms. The van der Waals surface area contributed by atoms with E-state index in [0.717, 1.165) is 4.90 Å². The number of carbonyl (C=O) groups is 1. The van der Waals surface area contributed by atoms with Gasteiger partial charge in [-0.05, 0) is 30.2 Å². The van der Waals surface area contributed by atoms with E-state index in [1.54, 1.807) is 0 Å². The predicted molar refractivity (Wildman–Crippen MR) is 68.2 cm³/mol. The van der Waals surface area contributed by atoms with E-state index in [1.165, 1.54) is 21.0 Å². The van der Waals surface area contributed by atoms with Crippen LogP contribution in [-0.4, -0.2) is 24.9 Å². The Morgan fingerprint density at radius 1 is 1.00 bits per heavy atom. The Labute approximate surface area is 123 Å². The van der Waals surface area contributed by atoms with Crippen LogP contribution in [0.15, 0.2) is 18.2 Å². The van der Waals surface area contributed by atoms with Crippen LogP contribution in [0.4, 0.5) is 26.3 Å². The fourth-order valence-electron chi connectivity index (χ4n) is 2.04. The summed E-state index contributed by atoms with van der Waals surface area (Å²) in [5.74, 6) is -1.60. The maximum absolute atomic E-state index is 12.8. The van der Waals surface area contributed by atoms with Gasteiger partial charge in [0, 0.05) is 14.1 Å². The summed E-state index contributed by atoms with van der Waals surface area (Å²) in [7, 11) is 2.78. The molecule has 0 heterocycles. The molecule has 2 nitrogen and oxygen atoms in total. The monoisotopic (exact) mass is 327 g/mol. The van der Waals surface area contributed by atoms with Crippen molar-refractivity contribution in [3.63, 3.8) is 0 Å². The molecule has 1 atom stereocenters. The number of carbonyl (C=O) groups excluding carboxylic acids is 1. The van der Waals surface area contributed by atoms with Gasteiger partial charge in [0.25, 0.3) is 0 Å². The quantitative estimate of drug-likeness (QED) is 0.758. The number of halogens is 6. The molecule has 0 N–H and O–H groups in total. The first-order valence-electron chi connectivity index (χ1n) is 6.38. The maximum atomic E-state index is 12.8. The van der Waals surface area contributed by atoms with Crippen molar-refractivity contribution in [2.45, 2.75) is 31.6 Å². The van der Waals surface area contributed by atoms with Gasteiger partial charge in [0.15, 0.2) is 0 Å². The molecule has 1 aromatic carbocycles. The lowest BCUT2D eigenvalue weighted by molar-refractivity contribution is -0.143. The first kappa shape index (κ1) is 18.3. The molecule has 1 amide bonds. The normalized spacial score (nSPS) is 13.9. The highest BCUT2D eigenvalue weighted by molar-refractivity contribution is 5.83. The Morgan fingerprint density at radius 2 is 1.41 bits per heavy atom. The van der Waals surface area contributed by atoms with E-state index in [1.807, 2.05) is 0 Å². The van der Waals surface area contributed by atoms with Gasteiger partial charge in [-0.2, -0.15) is 26.3 Å². The lowest BCUT2D eigenvalue weighted by atomic mass is 9.91. The molecule has 0 aliphatic carbocycles. The van der Waals surface area contributed by atoms with E-state index >= 15 is 0 Å². The van der Waals surface area contributed by atoms with Gasteiger partial charge in [-0.15, -0.1) is 0 Å². The van der Waals surface area contributed by atoms with E-state index in [2.05, 4.69) is 0 Å². The average molecular weight is 327 g/mol. The third kappa shape index (κ3) is 4.14. The van der Waals surface area contributed by atoms with Crippen molar-refractivity contribution in [3.05, 3.63) is 34.9 Å². The molecule has 0 aliphatic heterocycles. The summed E-state index contributed by atoms with van der Waals surface area (Å²) >= 11 is 0. The zero-order valence-corrected chi connectivity index (χ0v) is 12.1. The third-order valence-electron chi connectivity index (χ3n) is 3.16. The molecule has 0 spiro atoms. The Balaban J connectivity index is 3.49. The Hall–Kier alpha value is -1.73. The lowest BCUT2D eigenvalue weighted by Crippen LogP contribution is -2.28. The largest absolute Gasteiger partial charge is 0.416 e. The molecule has 1 unspecified atom stereocenters. The summed E-state index contributed by atoms with van der Waals surface area (Å²) in [6.45, 7) is 1.53. The predicted octanol–water partition coefficient (Wildman–Crippen LogP) is 4.31. The molecule has 0 saturated heterocycles. The minimum absolute atomic E-state index is 0.0519. The second-order valence-electron chi connectivity index (χ2n) is 5.03. The van der Waals surface area contributed by atoms with E-state index in [-0.39, 0.29) is 18.1 Å². The number of benzene rings is 1. The van der Waals surface area contributed by atoms with Gasteiger partial charge in [-0.1, -0.05) is 6.92 Å². The first-order chi connectivity index (χ1) is 9.87. The summed E-state index contributed by atoms with van der Waals surface area (Å²) in [6.07, 6.45) is -9.75. The van der Waals surface area contributed by atoms with Crippen LogP contribution in [-0.2, 0) is 17.1 Å². The van der Waals surface area contributed by atoms with Crippen molar-refractivity contribution in [1.82, 2.24) is 4.90 Å². The maximum Gasteiger partial charge on any atom is 0.416 e. The smallest absolute Gasteiger partial charge is 0.348 e. The van der Waals surface area contributed by atoms with Gasteiger partial charge in [0.1, 0.15) is 0 Å². The second kappa shape index (κ2) is 6.18. The fourth-order valence-corrected chi connectivity index (χ4v) is 2.04. The molecular formula is C14H15F6NO. The Kier molecular flexibility index (Phi) is 5.14. The molecule has 0 aliphatic rings. The number of hydrogen-bond acceptors (Lipinski definition) is 1. The third-order valence-corrected chi connectivity index (χ3v) is 3.16. The molecule has 0 saturated carbocycles. The van der Waals surface area contributed by atoms with Crippen LogP contribution in [0.25, 0.3) is 0 Å². The summed E-state index contributed by atoms with van der Waals surface area (Å²) in [5, 5.41) is 0. The minimum Gasteiger partial charge on any atom is -0.348 e. The van der Waals surface area contributed by atoms with Crippen LogP contribution in [0.3, 0.4) is 0 Å².